The Hall–Kier alpha value is -0.718. The minimum absolute atomic E-state index is 0. The molecule has 0 unspecified atom stereocenters. The molecule has 0 aromatic carbocycles. The third kappa shape index (κ3) is 12.4. The van der Waals surface area contributed by atoms with Crippen LogP contribution in [-0.2, 0) is 0 Å². The third-order valence-electron chi connectivity index (χ3n) is 2.16. The molecule has 0 saturated carbocycles. The van der Waals surface area contributed by atoms with Crippen LogP contribution in [0.5, 0.6) is 5.88 Å². The van der Waals surface area contributed by atoms with Gasteiger partial charge in [-0.3, -0.25) is 0 Å². The Morgan fingerprint density at radius 1 is 1.26 bits per heavy atom. The van der Waals surface area contributed by atoms with Crippen LogP contribution in [0, 0.1) is 5.82 Å². The van der Waals surface area contributed by atoms with Gasteiger partial charge in [0.2, 0.25) is 5.88 Å². The maximum atomic E-state index is 12.8. The van der Waals surface area contributed by atoms with Crippen molar-refractivity contribution in [2.75, 3.05) is 6.61 Å². The first-order chi connectivity index (χ1) is 10.1. The minimum atomic E-state index is -2.68. The fraction of sp³-hybridized carbons (Fsp3) is 0.615. The Morgan fingerprint density at radius 3 is 2.13 bits per heavy atom. The topological polar surface area (TPSA) is 74.6 Å². The van der Waals surface area contributed by atoms with Crippen molar-refractivity contribution in [3.05, 3.63) is 18.1 Å². The van der Waals surface area contributed by atoms with Gasteiger partial charge in [0, 0.05) is 23.6 Å². The first kappa shape index (κ1) is 24.5. The summed E-state index contributed by atoms with van der Waals surface area (Å²) in [6.07, 6.45) is -2.02. The van der Waals surface area contributed by atoms with Crippen molar-refractivity contribution >= 4 is 12.6 Å². The molecule has 1 aromatic heterocycles. The van der Waals surface area contributed by atoms with E-state index >= 15 is 0 Å². The van der Waals surface area contributed by atoms with E-state index in [1.165, 1.54) is 0 Å². The molecule has 23 heavy (non-hydrogen) atoms. The molecule has 1 heterocycles. The second-order valence-corrected chi connectivity index (χ2v) is 5.10. The van der Waals surface area contributed by atoms with Crippen LogP contribution in [0.3, 0.4) is 0 Å². The van der Waals surface area contributed by atoms with Gasteiger partial charge < -0.3 is 21.5 Å². The molecule has 5 nitrogen and oxygen atoms in total. The van der Waals surface area contributed by atoms with Gasteiger partial charge in [0.1, 0.15) is 5.82 Å². The van der Waals surface area contributed by atoms with Gasteiger partial charge in [-0.05, 0) is 0 Å². The SMILES string of the molecule is CC(C)NC(C)C.OB(O)c1cc(OCC(F)F)ncc1F.[H-].[Li+]. The molecule has 0 aliphatic rings. The normalized spacial score (nSPS) is 10.3. The number of pyridine rings is 1. The van der Waals surface area contributed by atoms with E-state index < -0.39 is 31.4 Å². The summed E-state index contributed by atoms with van der Waals surface area (Å²) in [5, 5.41) is 20.7. The summed E-state index contributed by atoms with van der Waals surface area (Å²) < 4.78 is 40.8. The number of alkyl halides is 2. The van der Waals surface area contributed by atoms with Gasteiger partial charge in [0.25, 0.3) is 6.43 Å². The van der Waals surface area contributed by atoms with Crippen molar-refractivity contribution in [3.8, 4) is 5.88 Å². The largest absolute Gasteiger partial charge is 1.00 e. The molecule has 1 aromatic rings. The first-order valence-electron chi connectivity index (χ1n) is 6.82. The number of nitrogens with one attached hydrogen (secondary N) is 1. The Labute approximate surface area is 148 Å². The molecule has 3 N–H and O–H groups in total. The molecule has 0 atom stereocenters. The van der Waals surface area contributed by atoms with Gasteiger partial charge >= 0.3 is 26.0 Å². The average molecular weight is 330 g/mol. The number of halogens is 3. The van der Waals surface area contributed by atoms with Gasteiger partial charge in [0.15, 0.2) is 6.61 Å². The number of hydrogen-bond acceptors (Lipinski definition) is 5. The molecule has 0 fully saturated rings. The predicted molar refractivity (Wildman–Crippen MR) is 80.0 cm³/mol. The minimum Gasteiger partial charge on any atom is -1.00 e. The first-order valence-corrected chi connectivity index (χ1v) is 6.82. The number of rotatable bonds is 6. The Morgan fingerprint density at radius 2 is 1.78 bits per heavy atom. The summed E-state index contributed by atoms with van der Waals surface area (Å²) in [5.74, 6) is -1.24. The number of hydrogen-bond donors (Lipinski definition) is 3. The molecule has 0 spiro atoms. The van der Waals surface area contributed by atoms with E-state index in [-0.39, 0.29) is 26.2 Å². The maximum absolute atomic E-state index is 12.8. The van der Waals surface area contributed by atoms with E-state index in [9.17, 15) is 13.2 Å². The average Bonchev–Trinajstić information content (AvgIpc) is 2.36. The van der Waals surface area contributed by atoms with Crippen LogP contribution >= 0.6 is 0 Å². The summed E-state index contributed by atoms with van der Waals surface area (Å²) in [6.45, 7) is 7.72. The molecule has 1 rings (SSSR count). The smallest absolute Gasteiger partial charge is 1.00 e. The summed E-state index contributed by atoms with van der Waals surface area (Å²) >= 11 is 0. The zero-order chi connectivity index (χ0) is 17.3. The summed E-state index contributed by atoms with van der Waals surface area (Å²) in [4.78, 5) is 3.34. The Bertz CT molecular complexity index is 441. The van der Waals surface area contributed by atoms with Crippen molar-refractivity contribution in [2.24, 2.45) is 0 Å². The quantitative estimate of drug-likeness (QED) is 0.529. The molecular formula is C13H23BF3LiN2O3. The Kier molecular flexibility index (Phi) is 13.5. The van der Waals surface area contributed by atoms with Crippen LogP contribution in [0.25, 0.3) is 0 Å². The van der Waals surface area contributed by atoms with E-state index in [1.54, 1.807) is 0 Å². The molecule has 0 amide bonds. The van der Waals surface area contributed by atoms with Crippen molar-refractivity contribution in [3.63, 3.8) is 0 Å². The molecule has 0 radical (unpaired) electrons. The molecular weight excluding hydrogens is 307 g/mol. The van der Waals surface area contributed by atoms with Gasteiger partial charge in [0.05, 0.1) is 6.20 Å². The van der Waals surface area contributed by atoms with E-state index in [0.717, 1.165) is 6.07 Å². The number of nitrogens with zero attached hydrogens (tertiary/aromatic N) is 1. The fourth-order valence-corrected chi connectivity index (χ4v) is 1.53. The monoisotopic (exact) mass is 330 g/mol. The van der Waals surface area contributed by atoms with Gasteiger partial charge in [-0.1, -0.05) is 27.7 Å². The third-order valence-corrected chi connectivity index (χ3v) is 2.16. The van der Waals surface area contributed by atoms with Gasteiger partial charge in [-0.2, -0.15) is 0 Å². The van der Waals surface area contributed by atoms with Gasteiger partial charge in [-0.25, -0.2) is 18.2 Å². The zero-order valence-corrected chi connectivity index (χ0v) is 14.1. The van der Waals surface area contributed by atoms with Crippen LogP contribution in [0.15, 0.2) is 12.3 Å². The van der Waals surface area contributed by atoms with E-state index in [2.05, 4.69) is 42.7 Å². The second kappa shape index (κ2) is 12.7. The molecule has 0 aliphatic carbocycles. The van der Waals surface area contributed by atoms with Crippen molar-refractivity contribution in [2.45, 2.75) is 46.2 Å². The molecule has 128 valence electrons. The Balaban J connectivity index is -0.000000424. The number of aromatic nitrogens is 1. The molecule has 0 bridgehead atoms. The summed E-state index contributed by atoms with van der Waals surface area (Å²) in [5.41, 5.74) is -0.478. The molecule has 10 heteroatoms. The maximum Gasteiger partial charge on any atom is 1.00 e. The predicted octanol–water partition coefficient (Wildman–Crippen LogP) is -1.95. The molecule has 0 aliphatic heterocycles. The van der Waals surface area contributed by atoms with Crippen LogP contribution in [0.2, 0.25) is 0 Å². The number of ether oxygens (including phenoxy) is 1. The van der Waals surface area contributed by atoms with E-state index in [0.29, 0.717) is 18.3 Å². The standard InChI is InChI=1S/C7H7BF3NO3.C6H15N.Li.H/c9-5-2-12-7(15-3-6(10)11)1-4(5)8(13)14;1-5(2)7-6(3)4;;/h1-2,6,13-14H,3H2;5-7H,1-4H3;;/q;;+1;-1. The summed E-state index contributed by atoms with van der Waals surface area (Å²) in [7, 11) is -2.04. The molecule has 0 saturated heterocycles. The van der Waals surface area contributed by atoms with Crippen LogP contribution in [0.1, 0.15) is 29.1 Å². The fourth-order valence-electron chi connectivity index (χ4n) is 1.53. The van der Waals surface area contributed by atoms with Crippen LogP contribution < -0.4 is 34.4 Å². The van der Waals surface area contributed by atoms with Crippen molar-refractivity contribution in [1.29, 1.82) is 0 Å². The van der Waals surface area contributed by atoms with E-state index in [1.807, 2.05) is 0 Å². The van der Waals surface area contributed by atoms with Crippen molar-refractivity contribution < 1.29 is 48.2 Å². The summed E-state index contributed by atoms with van der Waals surface area (Å²) in [6, 6.07) is 2.10. The van der Waals surface area contributed by atoms with Crippen LogP contribution in [0.4, 0.5) is 13.2 Å². The second-order valence-electron chi connectivity index (χ2n) is 5.10. The van der Waals surface area contributed by atoms with Crippen LogP contribution in [-0.4, -0.2) is 47.3 Å². The van der Waals surface area contributed by atoms with E-state index in [4.69, 9.17) is 10.0 Å². The zero-order valence-electron chi connectivity index (χ0n) is 15.1. The van der Waals surface area contributed by atoms with Crippen molar-refractivity contribution in [1.82, 2.24) is 10.3 Å². The van der Waals surface area contributed by atoms with Gasteiger partial charge in [-0.15, -0.1) is 0 Å².